The number of amides is 1. The Kier molecular flexibility index (Phi) is 5.30. The quantitative estimate of drug-likeness (QED) is 0.672. The van der Waals surface area contributed by atoms with Crippen LogP contribution in [0, 0.1) is 0 Å². The van der Waals surface area contributed by atoms with Crippen LogP contribution in [0.3, 0.4) is 0 Å². The van der Waals surface area contributed by atoms with E-state index in [1.807, 2.05) is 41.3 Å². The predicted octanol–water partition coefficient (Wildman–Crippen LogP) is 3.82. The van der Waals surface area contributed by atoms with Gasteiger partial charge in [0.25, 0.3) is 5.91 Å². The fourth-order valence-corrected chi connectivity index (χ4v) is 3.60. The van der Waals surface area contributed by atoms with Crippen LogP contribution in [-0.4, -0.2) is 44.8 Å². The molecule has 4 rings (SSSR count). The molecule has 1 aromatic carbocycles. The molecule has 7 heteroatoms. The van der Waals surface area contributed by atoms with Crippen molar-refractivity contribution >= 4 is 17.5 Å². The Bertz CT molecular complexity index is 974. The molecule has 1 fully saturated rings. The number of hydrogen-bond acceptors (Lipinski definition) is 4. The number of rotatable bonds is 4. The molecule has 0 bridgehead atoms. The van der Waals surface area contributed by atoms with Crippen LogP contribution >= 0.6 is 11.6 Å². The number of ether oxygens (including phenoxy) is 1. The molecule has 1 saturated heterocycles. The summed E-state index contributed by atoms with van der Waals surface area (Å²) in [6.45, 7) is 1.22. The van der Waals surface area contributed by atoms with E-state index in [1.54, 1.807) is 30.2 Å². The van der Waals surface area contributed by atoms with Gasteiger partial charge in [0.2, 0.25) is 0 Å². The Hall–Kier alpha value is -2.86. The number of likely N-dealkylation sites (tertiary alicyclic amines) is 1. The van der Waals surface area contributed by atoms with E-state index in [4.69, 9.17) is 16.3 Å². The Morgan fingerprint density at radius 3 is 2.86 bits per heavy atom. The topological polar surface area (TPSA) is 60.2 Å². The molecule has 0 radical (unpaired) electrons. The standard InChI is InChI=1S/C21H21ClN4O2/c1-25-19(12-18(24-25)15-6-3-2-4-7-15)21(27)26-11-5-8-16(14-26)28-20-9-10-23-13-17(20)22/h2-4,6-7,9-10,12-13,16H,5,8,11,14H2,1H3/t16-/m1/s1. The summed E-state index contributed by atoms with van der Waals surface area (Å²) in [6.07, 6.45) is 4.86. The minimum Gasteiger partial charge on any atom is -0.487 e. The van der Waals surface area contributed by atoms with Crippen molar-refractivity contribution < 1.29 is 9.53 Å². The minimum atomic E-state index is -0.0978. The number of pyridine rings is 1. The van der Waals surface area contributed by atoms with Gasteiger partial charge in [-0.15, -0.1) is 0 Å². The first-order valence-electron chi connectivity index (χ1n) is 9.27. The predicted molar refractivity (Wildman–Crippen MR) is 107 cm³/mol. The van der Waals surface area contributed by atoms with Crippen molar-refractivity contribution in [1.82, 2.24) is 19.7 Å². The fourth-order valence-electron chi connectivity index (χ4n) is 3.44. The van der Waals surface area contributed by atoms with Crippen LogP contribution in [0.4, 0.5) is 0 Å². The number of carbonyl (C=O) groups is 1. The van der Waals surface area contributed by atoms with Crippen molar-refractivity contribution in [2.24, 2.45) is 7.05 Å². The number of benzene rings is 1. The van der Waals surface area contributed by atoms with E-state index < -0.39 is 0 Å². The first-order chi connectivity index (χ1) is 13.6. The molecule has 144 valence electrons. The summed E-state index contributed by atoms with van der Waals surface area (Å²) in [4.78, 5) is 18.9. The summed E-state index contributed by atoms with van der Waals surface area (Å²) in [5.41, 5.74) is 2.35. The van der Waals surface area contributed by atoms with E-state index in [2.05, 4.69) is 10.1 Å². The first kappa shape index (κ1) is 18.5. The molecule has 1 amide bonds. The zero-order valence-electron chi connectivity index (χ0n) is 15.6. The maximum Gasteiger partial charge on any atom is 0.272 e. The highest BCUT2D eigenvalue weighted by atomic mass is 35.5. The van der Waals surface area contributed by atoms with Crippen molar-refractivity contribution in [3.63, 3.8) is 0 Å². The molecule has 0 unspecified atom stereocenters. The minimum absolute atomic E-state index is 0.0358. The van der Waals surface area contributed by atoms with Gasteiger partial charge in [0.15, 0.2) is 0 Å². The summed E-state index contributed by atoms with van der Waals surface area (Å²) in [5, 5.41) is 4.99. The highest BCUT2D eigenvalue weighted by Crippen LogP contribution is 2.26. The fraction of sp³-hybridized carbons (Fsp3) is 0.286. The van der Waals surface area contributed by atoms with Gasteiger partial charge in [0, 0.05) is 37.6 Å². The molecule has 3 heterocycles. The smallest absolute Gasteiger partial charge is 0.272 e. The van der Waals surface area contributed by atoms with Gasteiger partial charge in [-0.25, -0.2) is 0 Å². The maximum absolute atomic E-state index is 13.1. The van der Waals surface area contributed by atoms with Gasteiger partial charge < -0.3 is 9.64 Å². The van der Waals surface area contributed by atoms with Crippen molar-refractivity contribution in [2.45, 2.75) is 18.9 Å². The highest BCUT2D eigenvalue weighted by Gasteiger charge is 2.28. The molecular weight excluding hydrogens is 376 g/mol. The molecule has 2 aromatic heterocycles. The molecule has 1 atom stereocenters. The second kappa shape index (κ2) is 8.02. The Morgan fingerprint density at radius 2 is 2.07 bits per heavy atom. The second-order valence-electron chi connectivity index (χ2n) is 6.84. The van der Waals surface area contributed by atoms with E-state index in [0.29, 0.717) is 29.6 Å². The van der Waals surface area contributed by atoms with Crippen LogP contribution in [0.25, 0.3) is 11.3 Å². The normalized spacial score (nSPS) is 16.8. The van der Waals surface area contributed by atoms with E-state index in [9.17, 15) is 4.79 Å². The summed E-state index contributed by atoms with van der Waals surface area (Å²) in [7, 11) is 1.80. The van der Waals surface area contributed by atoms with Crippen molar-refractivity contribution in [3.05, 3.63) is 65.6 Å². The van der Waals surface area contributed by atoms with Gasteiger partial charge in [-0.2, -0.15) is 5.10 Å². The number of aromatic nitrogens is 3. The summed E-state index contributed by atoms with van der Waals surface area (Å²) in [6, 6.07) is 13.4. The lowest BCUT2D eigenvalue weighted by Gasteiger charge is -2.33. The Balaban J connectivity index is 1.49. The Labute approximate surface area is 168 Å². The van der Waals surface area contributed by atoms with Crippen molar-refractivity contribution in [2.75, 3.05) is 13.1 Å². The molecule has 0 saturated carbocycles. The van der Waals surface area contributed by atoms with E-state index >= 15 is 0 Å². The van der Waals surface area contributed by atoms with Gasteiger partial charge in [0.05, 0.1) is 12.2 Å². The van der Waals surface area contributed by atoms with Gasteiger partial charge in [-0.3, -0.25) is 14.5 Å². The van der Waals surface area contributed by atoms with Gasteiger partial charge in [-0.05, 0) is 18.9 Å². The first-order valence-corrected chi connectivity index (χ1v) is 9.64. The van der Waals surface area contributed by atoms with Crippen molar-refractivity contribution in [3.8, 4) is 17.0 Å². The van der Waals surface area contributed by atoms with Crippen LogP contribution in [0.1, 0.15) is 23.3 Å². The monoisotopic (exact) mass is 396 g/mol. The number of halogens is 1. The molecule has 1 aliphatic heterocycles. The van der Waals surface area contributed by atoms with Gasteiger partial charge in [-0.1, -0.05) is 41.9 Å². The summed E-state index contributed by atoms with van der Waals surface area (Å²) >= 11 is 6.14. The molecule has 28 heavy (non-hydrogen) atoms. The zero-order valence-corrected chi connectivity index (χ0v) is 16.3. The average Bonchev–Trinajstić information content (AvgIpc) is 3.12. The molecule has 3 aromatic rings. The van der Waals surface area contributed by atoms with E-state index in [1.165, 1.54) is 0 Å². The zero-order chi connectivity index (χ0) is 19.5. The molecule has 6 nitrogen and oxygen atoms in total. The molecule has 1 aliphatic rings. The number of carbonyl (C=O) groups excluding carboxylic acids is 1. The number of hydrogen-bond donors (Lipinski definition) is 0. The van der Waals surface area contributed by atoms with E-state index in [-0.39, 0.29) is 12.0 Å². The SMILES string of the molecule is Cn1nc(-c2ccccc2)cc1C(=O)N1CCC[C@@H](Oc2ccncc2Cl)C1. The van der Waals surface area contributed by atoms with Crippen LogP contribution in [0.5, 0.6) is 5.75 Å². The summed E-state index contributed by atoms with van der Waals surface area (Å²) in [5.74, 6) is 0.564. The lowest BCUT2D eigenvalue weighted by atomic mass is 10.1. The largest absolute Gasteiger partial charge is 0.487 e. The van der Waals surface area contributed by atoms with E-state index in [0.717, 1.165) is 24.1 Å². The van der Waals surface area contributed by atoms with Crippen molar-refractivity contribution in [1.29, 1.82) is 0 Å². The van der Waals surface area contributed by atoms with Gasteiger partial charge >= 0.3 is 0 Å². The number of piperidine rings is 1. The lowest BCUT2D eigenvalue weighted by molar-refractivity contribution is 0.0528. The second-order valence-corrected chi connectivity index (χ2v) is 7.25. The molecule has 0 aliphatic carbocycles. The van der Waals surface area contributed by atoms with Crippen LogP contribution in [0.2, 0.25) is 5.02 Å². The maximum atomic E-state index is 13.1. The molecule has 0 N–H and O–H groups in total. The third-order valence-electron chi connectivity index (χ3n) is 4.86. The average molecular weight is 397 g/mol. The lowest BCUT2D eigenvalue weighted by Crippen LogP contribution is -2.44. The van der Waals surface area contributed by atoms with Gasteiger partial charge in [0.1, 0.15) is 22.6 Å². The molecular formula is C21H21ClN4O2. The molecule has 0 spiro atoms. The third-order valence-corrected chi connectivity index (χ3v) is 5.15. The number of nitrogens with zero attached hydrogens (tertiary/aromatic N) is 4. The third kappa shape index (κ3) is 3.87. The Morgan fingerprint density at radius 1 is 1.25 bits per heavy atom. The highest BCUT2D eigenvalue weighted by molar-refractivity contribution is 6.31. The van der Waals surface area contributed by atoms with Crippen LogP contribution < -0.4 is 4.74 Å². The summed E-state index contributed by atoms with van der Waals surface area (Å²) < 4.78 is 7.67. The van der Waals surface area contributed by atoms with Crippen LogP contribution in [0.15, 0.2) is 54.9 Å². The van der Waals surface area contributed by atoms with Crippen LogP contribution in [-0.2, 0) is 7.05 Å². The number of aryl methyl sites for hydroxylation is 1.